The van der Waals surface area contributed by atoms with Gasteiger partial charge in [-0.25, -0.2) is 5.01 Å². The summed E-state index contributed by atoms with van der Waals surface area (Å²) in [6.45, 7) is 5.58. The predicted molar refractivity (Wildman–Crippen MR) is 61.1 cm³/mol. The lowest BCUT2D eigenvalue weighted by atomic mass is 10.3. The number of rotatable bonds is 6. The van der Waals surface area contributed by atoms with Gasteiger partial charge in [0.05, 0.1) is 0 Å². The highest BCUT2D eigenvalue weighted by Crippen LogP contribution is 1.93. The Kier molecular flexibility index (Phi) is 9.43. The maximum Gasteiger partial charge on any atom is 0.0137 e. The molecule has 0 aliphatic carbocycles. The fraction of sp³-hybridized carbons (Fsp3) is 0.667. The molecule has 0 aromatic heterocycles. The third-order valence-electron chi connectivity index (χ3n) is 1.85. The Bertz CT molecular complexity index is 211. The van der Waals surface area contributed by atoms with E-state index in [1.54, 1.807) is 0 Å². The maximum absolute atomic E-state index is 5.78. The van der Waals surface area contributed by atoms with E-state index in [9.17, 15) is 0 Å². The summed E-state index contributed by atoms with van der Waals surface area (Å²) in [7, 11) is 0. The number of hydrogen-bond donors (Lipinski definition) is 1. The molecule has 0 unspecified atom stereocenters. The Labute approximate surface area is 87.8 Å². The topological polar surface area (TPSA) is 29.3 Å². The summed E-state index contributed by atoms with van der Waals surface area (Å²) in [5.74, 6) is 17.6. The van der Waals surface area contributed by atoms with Gasteiger partial charge in [-0.05, 0) is 26.7 Å². The van der Waals surface area contributed by atoms with Crippen LogP contribution in [-0.4, -0.2) is 18.1 Å². The van der Waals surface area contributed by atoms with Crippen molar-refractivity contribution >= 4 is 0 Å². The molecular weight excluding hydrogens is 172 g/mol. The molecule has 0 rings (SSSR count). The molecule has 0 aliphatic heterocycles. The zero-order valence-electron chi connectivity index (χ0n) is 9.27. The molecule has 0 aliphatic rings. The van der Waals surface area contributed by atoms with Crippen molar-refractivity contribution in [2.45, 2.75) is 39.5 Å². The smallest absolute Gasteiger partial charge is 0.0137 e. The van der Waals surface area contributed by atoms with Gasteiger partial charge in [0.2, 0.25) is 0 Å². The molecule has 2 N–H and O–H groups in total. The first kappa shape index (κ1) is 13.0. The van der Waals surface area contributed by atoms with Gasteiger partial charge in [0.1, 0.15) is 0 Å². The minimum Gasteiger partial charge on any atom is -0.269 e. The SMILES string of the molecule is CC#CCCCN(N)CCCC#CC. The first-order chi connectivity index (χ1) is 6.81. The van der Waals surface area contributed by atoms with E-state index < -0.39 is 0 Å². The van der Waals surface area contributed by atoms with E-state index in [4.69, 9.17) is 5.84 Å². The van der Waals surface area contributed by atoms with Crippen LogP contribution >= 0.6 is 0 Å². The second kappa shape index (κ2) is 10.1. The number of unbranched alkanes of at least 4 members (excludes halogenated alkanes) is 2. The minimum absolute atomic E-state index is 0.925. The van der Waals surface area contributed by atoms with Crippen LogP contribution in [0.5, 0.6) is 0 Å². The van der Waals surface area contributed by atoms with Crippen molar-refractivity contribution in [3.05, 3.63) is 0 Å². The van der Waals surface area contributed by atoms with E-state index in [-0.39, 0.29) is 0 Å². The molecule has 0 aromatic carbocycles. The van der Waals surface area contributed by atoms with Crippen LogP contribution in [-0.2, 0) is 0 Å². The Morgan fingerprint density at radius 2 is 1.36 bits per heavy atom. The first-order valence-electron chi connectivity index (χ1n) is 5.10. The van der Waals surface area contributed by atoms with Crippen molar-refractivity contribution in [3.8, 4) is 23.7 Å². The van der Waals surface area contributed by atoms with E-state index >= 15 is 0 Å². The summed E-state index contributed by atoms with van der Waals surface area (Å²) in [4.78, 5) is 0. The van der Waals surface area contributed by atoms with E-state index in [1.807, 2.05) is 18.9 Å². The first-order valence-corrected chi connectivity index (χ1v) is 5.10. The lowest BCUT2D eigenvalue weighted by Gasteiger charge is -2.14. The number of nitrogens with zero attached hydrogens (tertiary/aromatic N) is 1. The fourth-order valence-corrected chi connectivity index (χ4v) is 1.10. The zero-order chi connectivity index (χ0) is 10.6. The van der Waals surface area contributed by atoms with Gasteiger partial charge in [0.25, 0.3) is 0 Å². The monoisotopic (exact) mass is 192 g/mol. The quantitative estimate of drug-likeness (QED) is 0.301. The molecule has 0 amide bonds. The van der Waals surface area contributed by atoms with Gasteiger partial charge in [-0.3, -0.25) is 5.84 Å². The largest absolute Gasteiger partial charge is 0.269 e. The Hall–Kier alpha value is -0.960. The van der Waals surface area contributed by atoms with Crippen molar-refractivity contribution in [3.63, 3.8) is 0 Å². The van der Waals surface area contributed by atoms with E-state index in [0.29, 0.717) is 0 Å². The Morgan fingerprint density at radius 1 is 0.929 bits per heavy atom. The molecule has 2 nitrogen and oxygen atoms in total. The number of nitrogens with two attached hydrogens (primary N) is 1. The summed E-state index contributed by atoms with van der Waals surface area (Å²) >= 11 is 0. The summed E-state index contributed by atoms with van der Waals surface area (Å²) in [5.41, 5.74) is 0. The summed E-state index contributed by atoms with van der Waals surface area (Å²) in [6.07, 6.45) is 3.99. The average Bonchev–Trinajstić information content (AvgIpc) is 2.19. The van der Waals surface area contributed by atoms with Gasteiger partial charge >= 0.3 is 0 Å². The molecule has 0 aromatic rings. The normalized spacial score (nSPS) is 8.86. The van der Waals surface area contributed by atoms with E-state index in [0.717, 1.165) is 38.8 Å². The highest BCUT2D eigenvalue weighted by molar-refractivity contribution is 4.95. The van der Waals surface area contributed by atoms with Crippen LogP contribution in [0.1, 0.15) is 39.5 Å². The Balaban J connectivity index is 3.28. The van der Waals surface area contributed by atoms with Gasteiger partial charge < -0.3 is 0 Å². The zero-order valence-corrected chi connectivity index (χ0v) is 9.27. The third-order valence-corrected chi connectivity index (χ3v) is 1.85. The van der Waals surface area contributed by atoms with Crippen LogP contribution in [0.2, 0.25) is 0 Å². The second-order valence-corrected chi connectivity index (χ2v) is 3.10. The predicted octanol–water partition coefficient (Wildman–Crippen LogP) is 1.77. The molecule has 2 heteroatoms. The molecule has 14 heavy (non-hydrogen) atoms. The van der Waals surface area contributed by atoms with Gasteiger partial charge in [-0.15, -0.1) is 23.7 Å². The lowest BCUT2D eigenvalue weighted by molar-refractivity contribution is 0.278. The van der Waals surface area contributed by atoms with Crippen molar-refractivity contribution in [1.29, 1.82) is 0 Å². The van der Waals surface area contributed by atoms with Crippen molar-refractivity contribution < 1.29 is 0 Å². The van der Waals surface area contributed by atoms with Crippen molar-refractivity contribution in [2.75, 3.05) is 13.1 Å². The van der Waals surface area contributed by atoms with Gasteiger partial charge in [0, 0.05) is 25.9 Å². The van der Waals surface area contributed by atoms with Crippen LogP contribution in [0, 0.1) is 23.7 Å². The van der Waals surface area contributed by atoms with Crippen LogP contribution < -0.4 is 5.84 Å². The molecule has 0 bridgehead atoms. The lowest BCUT2D eigenvalue weighted by Crippen LogP contribution is -2.32. The molecule has 0 saturated heterocycles. The third kappa shape index (κ3) is 9.13. The average molecular weight is 192 g/mol. The van der Waals surface area contributed by atoms with Gasteiger partial charge in [-0.2, -0.15) is 0 Å². The summed E-state index contributed by atoms with van der Waals surface area (Å²) in [6, 6.07) is 0. The number of hydrazine groups is 1. The summed E-state index contributed by atoms with van der Waals surface area (Å²) in [5, 5.41) is 1.86. The molecule has 78 valence electrons. The van der Waals surface area contributed by atoms with Crippen LogP contribution in [0.25, 0.3) is 0 Å². The molecule has 0 spiro atoms. The Morgan fingerprint density at radius 3 is 1.71 bits per heavy atom. The standard InChI is InChI=1S/C12H20N2/c1-3-5-7-9-11-14(13)12-10-8-6-4-2/h7-13H2,1-2H3. The van der Waals surface area contributed by atoms with Crippen LogP contribution in [0.3, 0.4) is 0 Å². The molecule has 0 atom stereocenters. The minimum atomic E-state index is 0.925. The molecule has 0 fully saturated rings. The van der Waals surface area contributed by atoms with Crippen molar-refractivity contribution in [2.24, 2.45) is 5.84 Å². The highest BCUT2D eigenvalue weighted by atomic mass is 15.4. The van der Waals surface area contributed by atoms with Crippen molar-refractivity contribution in [1.82, 2.24) is 5.01 Å². The highest BCUT2D eigenvalue weighted by Gasteiger charge is 1.96. The fourth-order valence-electron chi connectivity index (χ4n) is 1.10. The molecule has 0 heterocycles. The molecule has 0 radical (unpaired) electrons. The van der Waals surface area contributed by atoms with Crippen LogP contribution in [0.15, 0.2) is 0 Å². The molecule has 0 saturated carbocycles. The van der Waals surface area contributed by atoms with Crippen LogP contribution in [0.4, 0.5) is 0 Å². The van der Waals surface area contributed by atoms with E-state index in [1.165, 1.54) is 0 Å². The maximum atomic E-state index is 5.78. The van der Waals surface area contributed by atoms with Gasteiger partial charge in [-0.1, -0.05) is 0 Å². The molecular formula is C12H20N2. The van der Waals surface area contributed by atoms with E-state index in [2.05, 4.69) is 23.7 Å². The number of hydrogen-bond acceptors (Lipinski definition) is 2. The second-order valence-electron chi connectivity index (χ2n) is 3.10. The summed E-state index contributed by atoms with van der Waals surface area (Å²) < 4.78 is 0. The van der Waals surface area contributed by atoms with Gasteiger partial charge in [0.15, 0.2) is 0 Å².